The normalized spacial score (nSPS) is 10.4. The smallest absolute Gasteiger partial charge is 1.00 e. The topological polar surface area (TPSA) is 96.2 Å². The Morgan fingerprint density at radius 1 is 1.35 bits per heavy atom. The second kappa shape index (κ2) is 13.6. The van der Waals surface area contributed by atoms with Gasteiger partial charge in [0.05, 0.1) is 6.61 Å². The number of rotatable bonds is 5. The van der Waals surface area contributed by atoms with Crippen molar-refractivity contribution in [2.24, 2.45) is 0 Å². The number of esters is 1. The molecule has 1 atom stereocenters. The molecule has 20 heavy (non-hydrogen) atoms. The average molecular weight is 317 g/mol. The van der Waals surface area contributed by atoms with Crippen LogP contribution in [0.2, 0.25) is 5.02 Å². The molecule has 0 aromatic heterocycles. The van der Waals surface area contributed by atoms with E-state index in [1.807, 2.05) is 0 Å². The molecule has 110 valence electrons. The molecule has 0 saturated carbocycles. The number of aliphatic hydroxyl groups is 3. The summed E-state index contributed by atoms with van der Waals surface area (Å²) in [7, 11) is 0. The van der Waals surface area contributed by atoms with Crippen molar-refractivity contribution in [1.29, 1.82) is 0 Å². The third-order valence-corrected chi connectivity index (χ3v) is 1.99. The van der Waals surface area contributed by atoms with E-state index in [4.69, 9.17) is 31.7 Å². The van der Waals surface area contributed by atoms with E-state index < -0.39 is 18.9 Å². The second-order valence-electron chi connectivity index (χ2n) is 3.37. The first-order valence-electron chi connectivity index (χ1n) is 5.41. The first-order valence-corrected chi connectivity index (χ1v) is 5.79. The van der Waals surface area contributed by atoms with Crippen LogP contribution in [0.1, 0.15) is 8.35 Å². The van der Waals surface area contributed by atoms with E-state index in [2.05, 4.69) is 4.74 Å². The van der Waals surface area contributed by atoms with Crippen LogP contribution in [0.15, 0.2) is 24.3 Å². The molecule has 3 N–H and O–H groups in total. The molecule has 0 aliphatic carbocycles. The Morgan fingerprint density at radius 2 is 1.90 bits per heavy atom. The predicted molar refractivity (Wildman–Crippen MR) is 70.0 cm³/mol. The number of carbonyl (C=O) groups is 1. The van der Waals surface area contributed by atoms with Crippen LogP contribution in [-0.2, 0) is 9.53 Å². The van der Waals surface area contributed by atoms with Crippen LogP contribution in [0.3, 0.4) is 0 Å². The molecular weight excluding hydrogens is 299 g/mol. The van der Waals surface area contributed by atoms with E-state index in [-0.39, 0.29) is 44.2 Å². The Kier molecular flexibility index (Phi) is 15.0. The Hall–Kier alpha value is -0.340. The summed E-state index contributed by atoms with van der Waals surface area (Å²) in [5, 5.41) is 25.9. The molecular formula is C12H18ClNaO6. The minimum absolute atomic E-state index is 0. The van der Waals surface area contributed by atoms with Crippen molar-refractivity contribution in [1.82, 2.24) is 0 Å². The fraction of sp³-hybridized carbons (Fsp3) is 0.417. The summed E-state index contributed by atoms with van der Waals surface area (Å²) in [5.41, 5.74) is 0. The Morgan fingerprint density at radius 3 is 2.25 bits per heavy atom. The summed E-state index contributed by atoms with van der Waals surface area (Å²) in [4.78, 5) is 9.66. The first-order chi connectivity index (χ1) is 8.99. The van der Waals surface area contributed by atoms with E-state index >= 15 is 0 Å². The molecule has 0 bridgehead atoms. The maximum absolute atomic E-state index is 9.66. The molecule has 1 unspecified atom stereocenters. The van der Waals surface area contributed by atoms with Crippen molar-refractivity contribution in [2.45, 2.75) is 13.0 Å². The Bertz CT molecular complexity index is 365. The van der Waals surface area contributed by atoms with Crippen LogP contribution < -0.4 is 34.3 Å². The fourth-order valence-corrected chi connectivity index (χ4v) is 0.993. The van der Waals surface area contributed by atoms with Crippen molar-refractivity contribution < 1.29 is 60.6 Å². The monoisotopic (exact) mass is 316 g/mol. The van der Waals surface area contributed by atoms with E-state index in [0.717, 1.165) is 0 Å². The summed E-state index contributed by atoms with van der Waals surface area (Å²) in [6, 6.07) is 6.79. The van der Waals surface area contributed by atoms with Crippen LogP contribution in [0.25, 0.3) is 0 Å². The average Bonchev–Trinajstić information content (AvgIpc) is 2.38. The van der Waals surface area contributed by atoms with Crippen molar-refractivity contribution in [3.8, 4) is 5.75 Å². The molecule has 1 aromatic carbocycles. The second-order valence-corrected chi connectivity index (χ2v) is 3.80. The minimum Gasteiger partial charge on any atom is -1.00 e. The molecule has 1 aromatic rings. The van der Waals surface area contributed by atoms with E-state index in [0.29, 0.717) is 10.8 Å². The number of hydrogen-bond donors (Lipinski definition) is 3. The third-order valence-electron chi connectivity index (χ3n) is 1.73. The summed E-state index contributed by atoms with van der Waals surface area (Å²) < 4.78 is 9.10. The van der Waals surface area contributed by atoms with Gasteiger partial charge in [0.2, 0.25) is 0 Å². The molecule has 0 aliphatic rings. The van der Waals surface area contributed by atoms with E-state index in [9.17, 15) is 4.79 Å². The van der Waals surface area contributed by atoms with Gasteiger partial charge in [-0.05, 0) is 24.3 Å². The molecule has 0 radical (unpaired) electrons. The number of ether oxygens (including phenoxy) is 2. The maximum Gasteiger partial charge on any atom is 1.00 e. The van der Waals surface area contributed by atoms with Gasteiger partial charge in [-0.1, -0.05) is 11.6 Å². The summed E-state index contributed by atoms with van der Waals surface area (Å²) >= 11 is 5.66. The van der Waals surface area contributed by atoms with Crippen molar-refractivity contribution in [3.63, 3.8) is 0 Å². The first kappa shape index (κ1) is 21.9. The zero-order chi connectivity index (χ0) is 14.7. The van der Waals surface area contributed by atoms with Gasteiger partial charge in [0.15, 0.2) is 6.79 Å². The van der Waals surface area contributed by atoms with E-state index in [1.54, 1.807) is 24.3 Å². The summed E-state index contributed by atoms with van der Waals surface area (Å²) in [5.74, 6) is 0.161. The van der Waals surface area contributed by atoms with Gasteiger partial charge in [0.25, 0.3) is 0 Å². The number of benzene rings is 1. The molecule has 8 heteroatoms. The van der Waals surface area contributed by atoms with Gasteiger partial charge >= 0.3 is 35.5 Å². The Balaban J connectivity index is -0.000000352. The molecule has 6 nitrogen and oxygen atoms in total. The van der Waals surface area contributed by atoms with Gasteiger partial charge in [-0.15, -0.1) is 0 Å². The van der Waals surface area contributed by atoms with Crippen molar-refractivity contribution in [3.05, 3.63) is 29.3 Å². The fourth-order valence-electron chi connectivity index (χ4n) is 0.867. The van der Waals surface area contributed by atoms with E-state index in [1.165, 1.54) is 6.92 Å². The zero-order valence-electron chi connectivity index (χ0n) is 12.5. The largest absolute Gasteiger partial charge is 1.00 e. The van der Waals surface area contributed by atoms with Crippen molar-refractivity contribution >= 4 is 17.6 Å². The summed E-state index contributed by atoms with van der Waals surface area (Å²) in [6.45, 7) is 0.497. The third kappa shape index (κ3) is 12.7. The van der Waals surface area contributed by atoms with Crippen LogP contribution in [0, 0.1) is 0 Å². The molecule has 0 aliphatic heterocycles. The number of hydrogen-bond acceptors (Lipinski definition) is 6. The van der Waals surface area contributed by atoms with Crippen LogP contribution in [0.4, 0.5) is 0 Å². The molecule has 0 amide bonds. The maximum atomic E-state index is 9.66. The number of halogens is 1. The predicted octanol–water partition coefficient (Wildman–Crippen LogP) is -2.31. The van der Waals surface area contributed by atoms with Crippen LogP contribution >= 0.6 is 11.6 Å². The van der Waals surface area contributed by atoms with Crippen molar-refractivity contribution in [2.75, 3.05) is 20.0 Å². The minimum atomic E-state index is -0.837. The summed E-state index contributed by atoms with van der Waals surface area (Å²) in [6.07, 6.45) is -0.837. The molecule has 0 fully saturated rings. The van der Waals surface area contributed by atoms with Gasteiger partial charge in [-0.2, -0.15) is 0 Å². The molecule has 0 saturated heterocycles. The molecule has 0 heterocycles. The van der Waals surface area contributed by atoms with Crippen LogP contribution in [-0.4, -0.2) is 47.4 Å². The SMILES string of the molecule is CC(=O)OCO.OCC(O)COc1ccc(Cl)cc1.[H-].[Na+]. The van der Waals surface area contributed by atoms with Crippen LogP contribution in [0.5, 0.6) is 5.75 Å². The van der Waals surface area contributed by atoms with Gasteiger partial charge in [-0.25, -0.2) is 0 Å². The zero-order valence-corrected chi connectivity index (χ0v) is 14.2. The molecule has 0 spiro atoms. The van der Waals surface area contributed by atoms with Gasteiger partial charge in [0, 0.05) is 11.9 Å². The molecule has 1 rings (SSSR count). The number of carbonyl (C=O) groups excluding carboxylic acids is 1. The Labute approximate surface area is 146 Å². The van der Waals surface area contributed by atoms with Gasteiger partial charge in [-0.3, -0.25) is 4.79 Å². The quantitative estimate of drug-likeness (QED) is 0.321. The number of aliphatic hydroxyl groups excluding tert-OH is 3. The standard InChI is InChI=1S/C9H11ClO3.C3H6O3.Na.H/c10-7-1-3-9(4-2-7)13-6-8(12)5-11;1-3(5)6-2-4;;/h1-4,8,11-12H,5-6H2;4H,2H2,1H3;;/q;;+1;-1. The van der Waals surface area contributed by atoms with Gasteiger partial charge in [0.1, 0.15) is 18.5 Å². The van der Waals surface area contributed by atoms with Gasteiger partial charge < -0.3 is 26.2 Å².